The number of nitro benzene ring substituents is 1. The molecule has 20 heavy (non-hydrogen) atoms. The van der Waals surface area contributed by atoms with Crippen LogP contribution in [0.15, 0.2) is 30.5 Å². The number of nitrogens with two attached hydrogens (primary N) is 1. The minimum absolute atomic E-state index is 0.00214. The summed E-state index contributed by atoms with van der Waals surface area (Å²) in [7, 11) is 1.74. The van der Waals surface area contributed by atoms with E-state index in [0.29, 0.717) is 5.69 Å². The van der Waals surface area contributed by atoms with Gasteiger partial charge < -0.3 is 10.5 Å². The summed E-state index contributed by atoms with van der Waals surface area (Å²) in [5, 5.41) is 14.8. The van der Waals surface area contributed by atoms with Gasteiger partial charge in [0, 0.05) is 19.3 Å². The SMILES string of the molecule is Cn1ccc(COC(=O)c2ccc(N)c([N+](=O)[O-])c2)n1. The Morgan fingerprint density at radius 3 is 2.85 bits per heavy atom. The lowest BCUT2D eigenvalue weighted by molar-refractivity contribution is -0.383. The number of hydrogen-bond acceptors (Lipinski definition) is 6. The molecule has 8 nitrogen and oxygen atoms in total. The van der Waals surface area contributed by atoms with Crippen LogP contribution in [-0.2, 0) is 18.4 Å². The Bertz CT molecular complexity index is 665. The van der Waals surface area contributed by atoms with E-state index in [1.54, 1.807) is 24.0 Å². The van der Waals surface area contributed by atoms with Crippen LogP contribution in [-0.4, -0.2) is 20.7 Å². The first-order valence-electron chi connectivity index (χ1n) is 5.67. The van der Waals surface area contributed by atoms with Crippen molar-refractivity contribution in [1.29, 1.82) is 0 Å². The van der Waals surface area contributed by atoms with E-state index in [9.17, 15) is 14.9 Å². The average molecular weight is 276 g/mol. The van der Waals surface area contributed by atoms with Crippen LogP contribution in [0.25, 0.3) is 0 Å². The lowest BCUT2D eigenvalue weighted by atomic mass is 10.2. The van der Waals surface area contributed by atoms with Crippen molar-refractivity contribution in [3.05, 3.63) is 51.8 Å². The average Bonchev–Trinajstić information content (AvgIpc) is 2.82. The van der Waals surface area contributed by atoms with E-state index < -0.39 is 10.9 Å². The number of nitro groups is 1. The van der Waals surface area contributed by atoms with Gasteiger partial charge in [-0.05, 0) is 18.2 Å². The van der Waals surface area contributed by atoms with Crippen molar-refractivity contribution in [2.24, 2.45) is 7.05 Å². The van der Waals surface area contributed by atoms with E-state index in [2.05, 4.69) is 5.10 Å². The molecule has 0 fully saturated rings. The summed E-state index contributed by atoms with van der Waals surface area (Å²) in [6.07, 6.45) is 1.72. The number of benzene rings is 1. The van der Waals surface area contributed by atoms with Gasteiger partial charge in [-0.1, -0.05) is 0 Å². The zero-order valence-electron chi connectivity index (χ0n) is 10.6. The smallest absolute Gasteiger partial charge is 0.338 e. The summed E-state index contributed by atoms with van der Waals surface area (Å²) < 4.78 is 6.60. The fraction of sp³-hybridized carbons (Fsp3) is 0.167. The van der Waals surface area contributed by atoms with Gasteiger partial charge in [0.05, 0.1) is 16.2 Å². The number of ether oxygens (including phenoxy) is 1. The molecule has 2 rings (SSSR count). The van der Waals surface area contributed by atoms with E-state index in [1.165, 1.54) is 12.1 Å². The molecule has 104 valence electrons. The van der Waals surface area contributed by atoms with Gasteiger partial charge in [0.15, 0.2) is 0 Å². The van der Waals surface area contributed by atoms with Gasteiger partial charge in [-0.3, -0.25) is 14.8 Å². The molecule has 1 heterocycles. The first-order valence-corrected chi connectivity index (χ1v) is 5.67. The Labute approximate surface area is 113 Å². The Kier molecular flexibility index (Phi) is 3.65. The molecule has 1 aromatic heterocycles. The van der Waals surface area contributed by atoms with E-state index >= 15 is 0 Å². The Morgan fingerprint density at radius 1 is 1.50 bits per heavy atom. The van der Waals surface area contributed by atoms with Crippen LogP contribution in [0.2, 0.25) is 0 Å². The van der Waals surface area contributed by atoms with Gasteiger partial charge in [-0.2, -0.15) is 5.10 Å². The van der Waals surface area contributed by atoms with Gasteiger partial charge in [0.1, 0.15) is 12.3 Å². The molecule has 1 aromatic carbocycles. The minimum atomic E-state index is -0.668. The van der Waals surface area contributed by atoms with Crippen molar-refractivity contribution in [2.45, 2.75) is 6.61 Å². The van der Waals surface area contributed by atoms with Crippen LogP contribution in [0, 0.1) is 10.1 Å². The molecular weight excluding hydrogens is 264 g/mol. The third-order valence-electron chi connectivity index (χ3n) is 2.58. The molecule has 2 aromatic rings. The first kappa shape index (κ1) is 13.5. The van der Waals surface area contributed by atoms with Crippen molar-refractivity contribution in [3.8, 4) is 0 Å². The lowest BCUT2D eigenvalue weighted by Gasteiger charge is -2.04. The number of esters is 1. The van der Waals surface area contributed by atoms with Crippen LogP contribution >= 0.6 is 0 Å². The van der Waals surface area contributed by atoms with Crippen LogP contribution in [0.1, 0.15) is 16.1 Å². The number of nitrogens with zero attached hydrogens (tertiary/aromatic N) is 3. The Hall–Kier alpha value is -2.90. The third kappa shape index (κ3) is 2.91. The largest absolute Gasteiger partial charge is 0.456 e. The number of aromatic nitrogens is 2. The molecule has 0 aliphatic rings. The second kappa shape index (κ2) is 5.39. The van der Waals surface area contributed by atoms with Crippen LogP contribution in [0.5, 0.6) is 0 Å². The summed E-state index contributed by atoms with van der Waals surface area (Å²) in [5.74, 6) is -0.668. The number of rotatable bonds is 4. The minimum Gasteiger partial charge on any atom is -0.456 e. The van der Waals surface area contributed by atoms with Crippen molar-refractivity contribution in [3.63, 3.8) is 0 Å². The molecule has 0 spiro atoms. The Morgan fingerprint density at radius 2 is 2.25 bits per heavy atom. The number of nitrogen functional groups attached to an aromatic ring is 1. The maximum absolute atomic E-state index is 11.8. The van der Waals surface area contributed by atoms with Crippen molar-refractivity contribution >= 4 is 17.3 Å². The molecule has 0 aliphatic heterocycles. The first-order chi connectivity index (χ1) is 9.47. The van der Waals surface area contributed by atoms with Crippen LogP contribution in [0.4, 0.5) is 11.4 Å². The molecule has 0 amide bonds. The van der Waals surface area contributed by atoms with E-state index in [1.807, 2.05) is 0 Å². The van der Waals surface area contributed by atoms with Crippen molar-refractivity contribution < 1.29 is 14.5 Å². The van der Waals surface area contributed by atoms with Gasteiger partial charge in [0.2, 0.25) is 0 Å². The molecule has 0 atom stereocenters. The van der Waals surface area contributed by atoms with Gasteiger partial charge >= 0.3 is 5.97 Å². The second-order valence-electron chi connectivity index (χ2n) is 4.09. The monoisotopic (exact) mass is 276 g/mol. The van der Waals surface area contributed by atoms with Crippen molar-refractivity contribution in [1.82, 2.24) is 9.78 Å². The predicted molar refractivity (Wildman–Crippen MR) is 69.8 cm³/mol. The number of anilines is 1. The van der Waals surface area contributed by atoms with Gasteiger partial charge in [-0.25, -0.2) is 4.79 Å². The maximum Gasteiger partial charge on any atom is 0.338 e. The molecule has 0 bridgehead atoms. The summed E-state index contributed by atoms with van der Waals surface area (Å²) in [5.41, 5.74) is 5.79. The quantitative estimate of drug-likeness (QED) is 0.389. The second-order valence-corrected chi connectivity index (χ2v) is 4.09. The number of carbonyl (C=O) groups excluding carboxylic acids is 1. The maximum atomic E-state index is 11.8. The summed E-state index contributed by atoms with van der Waals surface area (Å²) >= 11 is 0. The standard InChI is InChI=1S/C12H12N4O4/c1-15-5-4-9(14-15)7-20-12(17)8-2-3-10(13)11(6-8)16(18)19/h2-6H,7,13H2,1H3. The molecule has 0 aliphatic carbocycles. The highest BCUT2D eigenvalue weighted by Gasteiger charge is 2.16. The summed E-state index contributed by atoms with van der Waals surface area (Å²) in [6.45, 7) is -0.00214. The molecular formula is C12H12N4O4. The van der Waals surface area contributed by atoms with Gasteiger partial charge in [0.25, 0.3) is 5.69 Å². The number of carbonyl (C=O) groups is 1. The molecule has 2 N–H and O–H groups in total. The fourth-order valence-electron chi connectivity index (χ4n) is 1.59. The van der Waals surface area contributed by atoms with E-state index in [-0.39, 0.29) is 23.5 Å². The topological polar surface area (TPSA) is 113 Å². The molecule has 0 unspecified atom stereocenters. The van der Waals surface area contributed by atoms with Crippen LogP contribution in [0.3, 0.4) is 0 Å². The van der Waals surface area contributed by atoms with Crippen molar-refractivity contribution in [2.75, 3.05) is 5.73 Å². The predicted octanol–water partition coefficient (Wildman–Crippen LogP) is 1.27. The number of aryl methyl sites for hydroxylation is 1. The highest BCUT2D eigenvalue weighted by Crippen LogP contribution is 2.22. The Balaban J connectivity index is 2.09. The summed E-state index contributed by atoms with van der Waals surface area (Å²) in [6, 6.07) is 5.48. The zero-order valence-corrected chi connectivity index (χ0v) is 10.6. The van der Waals surface area contributed by atoms with Crippen LogP contribution < -0.4 is 5.73 Å². The molecule has 0 radical (unpaired) electrons. The number of hydrogen-bond donors (Lipinski definition) is 1. The highest BCUT2D eigenvalue weighted by molar-refractivity contribution is 5.91. The zero-order chi connectivity index (χ0) is 14.7. The normalized spacial score (nSPS) is 10.2. The highest BCUT2D eigenvalue weighted by atomic mass is 16.6. The fourth-order valence-corrected chi connectivity index (χ4v) is 1.59. The van der Waals surface area contributed by atoms with Gasteiger partial charge in [-0.15, -0.1) is 0 Å². The molecule has 8 heteroatoms. The lowest BCUT2D eigenvalue weighted by Crippen LogP contribution is -2.07. The third-order valence-corrected chi connectivity index (χ3v) is 2.58. The van der Waals surface area contributed by atoms with E-state index in [4.69, 9.17) is 10.5 Å². The molecule has 0 saturated heterocycles. The molecule has 0 saturated carbocycles. The van der Waals surface area contributed by atoms with E-state index in [0.717, 1.165) is 6.07 Å². The summed E-state index contributed by atoms with van der Waals surface area (Å²) in [4.78, 5) is 21.9.